The molecule has 0 N–H and O–H groups in total. The first-order valence-electron chi connectivity index (χ1n) is 7.30. The monoisotopic (exact) mass is 286 g/mol. The van der Waals surface area contributed by atoms with E-state index in [0.717, 1.165) is 28.9 Å². The predicted octanol–water partition coefficient (Wildman–Crippen LogP) is 4.61. The summed E-state index contributed by atoms with van der Waals surface area (Å²) in [4.78, 5) is 12.8. The maximum atomic E-state index is 12.8. The molecule has 2 heteroatoms. The van der Waals surface area contributed by atoms with Crippen LogP contribution in [0.15, 0.2) is 72.8 Å². The van der Waals surface area contributed by atoms with Crippen molar-refractivity contribution in [1.82, 2.24) is 0 Å². The van der Waals surface area contributed by atoms with Crippen LogP contribution in [0.2, 0.25) is 0 Å². The number of carbonyl (C=O) groups excluding carboxylic acids is 1. The van der Waals surface area contributed by atoms with Crippen molar-refractivity contribution in [2.75, 3.05) is 0 Å². The molecule has 0 saturated carbocycles. The van der Waals surface area contributed by atoms with E-state index in [-0.39, 0.29) is 5.78 Å². The Morgan fingerprint density at radius 1 is 0.727 bits per heavy atom. The van der Waals surface area contributed by atoms with Gasteiger partial charge in [-0.25, -0.2) is 0 Å². The zero-order chi connectivity index (χ0) is 14.9. The van der Waals surface area contributed by atoms with Crippen molar-refractivity contribution >= 4 is 5.78 Å². The lowest BCUT2D eigenvalue weighted by Crippen LogP contribution is -2.15. The molecule has 1 aliphatic carbocycles. The van der Waals surface area contributed by atoms with E-state index in [1.807, 2.05) is 72.8 Å². The zero-order valence-electron chi connectivity index (χ0n) is 12.0. The van der Waals surface area contributed by atoms with Crippen molar-refractivity contribution < 1.29 is 9.53 Å². The van der Waals surface area contributed by atoms with Crippen LogP contribution in [0, 0.1) is 0 Å². The first kappa shape index (κ1) is 12.8. The number of ketones is 1. The Morgan fingerprint density at radius 2 is 1.45 bits per heavy atom. The summed E-state index contributed by atoms with van der Waals surface area (Å²) in [5.41, 5.74) is 3.57. The summed E-state index contributed by atoms with van der Waals surface area (Å²) >= 11 is 0. The molecule has 1 aliphatic rings. The number of fused-ring (bicyclic) bond motifs is 2. The summed E-state index contributed by atoms with van der Waals surface area (Å²) in [5, 5.41) is 0. The van der Waals surface area contributed by atoms with Gasteiger partial charge < -0.3 is 4.74 Å². The van der Waals surface area contributed by atoms with Gasteiger partial charge >= 0.3 is 0 Å². The van der Waals surface area contributed by atoms with Gasteiger partial charge in [0.25, 0.3) is 0 Å². The molecule has 0 fully saturated rings. The Morgan fingerprint density at radius 3 is 2.32 bits per heavy atom. The lowest BCUT2D eigenvalue weighted by atomic mass is 9.84. The number of hydrogen-bond donors (Lipinski definition) is 0. The van der Waals surface area contributed by atoms with Gasteiger partial charge in [0.15, 0.2) is 5.78 Å². The molecule has 2 nitrogen and oxygen atoms in total. The first-order valence-corrected chi connectivity index (χ1v) is 7.30. The van der Waals surface area contributed by atoms with E-state index >= 15 is 0 Å². The first-order chi connectivity index (χ1) is 10.8. The number of rotatable bonds is 2. The Balaban J connectivity index is 1.80. The Bertz CT molecular complexity index is 851. The molecule has 0 aromatic heterocycles. The third-order valence-electron chi connectivity index (χ3n) is 3.95. The Labute approximate surface area is 129 Å². The predicted molar refractivity (Wildman–Crippen MR) is 85.6 cm³/mol. The lowest BCUT2D eigenvalue weighted by molar-refractivity contribution is 0.103. The zero-order valence-corrected chi connectivity index (χ0v) is 12.0. The Hall–Kier alpha value is -2.87. The van der Waals surface area contributed by atoms with Gasteiger partial charge in [-0.1, -0.05) is 54.6 Å². The largest absolute Gasteiger partial charge is 0.457 e. The third-order valence-corrected chi connectivity index (χ3v) is 3.95. The van der Waals surface area contributed by atoms with Crippen LogP contribution in [0.3, 0.4) is 0 Å². The van der Waals surface area contributed by atoms with Gasteiger partial charge in [0.05, 0.1) is 5.56 Å². The van der Waals surface area contributed by atoms with Crippen molar-refractivity contribution in [2.24, 2.45) is 0 Å². The van der Waals surface area contributed by atoms with Crippen LogP contribution < -0.4 is 4.74 Å². The van der Waals surface area contributed by atoms with Crippen LogP contribution in [-0.2, 0) is 6.42 Å². The summed E-state index contributed by atoms with van der Waals surface area (Å²) in [6.07, 6.45) is 0.767. The number of benzene rings is 3. The summed E-state index contributed by atoms with van der Waals surface area (Å²) < 4.78 is 5.94. The smallest absolute Gasteiger partial charge is 0.197 e. The molecule has 0 spiro atoms. The highest BCUT2D eigenvalue weighted by molar-refractivity contribution is 6.14. The molecular weight excluding hydrogens is 272 g/mol. The van der Waals surface area contributed by atoms with Crippen LogP contribution in [0.5, 0.6) is 11.5 Å². The van der Waals surface area contributed by atoms with E-state index < -0.39 is 0 Å². The number of ether oxygens (including phenoxy) is 1. The molecule has 0 unspecified atom stereocenters. The average Bonchev–Trinajstić information content (AvgIpc) is 2.56. The fraction of sp³-hybridized carbons (Fsp3) is 0.0500. The van der Waals surface area contributed by atoms with Gasteiger partial charge in [-0.3, -0.25) is 4.79 Å². The Kier molecular flexibility index (Phi) is 3.01. The highest BCUT2D eigenvalue weighted by Crippen LogP contribution is 2.35. The van der Waals surface area contributed by atoms with Crippen LogP contribution >= 0.6 is 0 Å². The quantitative estimate of drug-likeness (QED) is 0.537. The standard InChI is InChI=1S/C20H14O2/c21-20-17-11-5-4-7-14(17)13-15-8-6-12-18(19(15)20)22-16-9-2-1-3-10-16/h1-12H,13H2. The maximum Gasteiger partial charge on any atom is 0.197 e. The van der Waals surface area contributed by atoms with Crippen molar-refractivity contribution in [1.29, 1.82) is 0 Å². The van der Waals surface area contributed by atoms with E-state index in [9.17, 15) is 4.79 Å². The second-order valence-electron chi connectivity index (χ2n) is 5.37. The van der Waals surface area contributed by atoms with Gasteiger partial charge in [-0.05, 0) is 35.7 Å². The molecule has 0 atom stereocenters. The van der Waals surface area contributed by atoms with E-state index in [4.69, 9.17) is 4.74 Å². The molecule has 106 valence electrons. The van der Waals surface area contributed by atoms with Crippen LogP contribution in [0.25, 0.3) is 0 Å². The lowest BCUT2D eigenvalue weighted by Gasteiger charge is -2.21. The van der Waals surface area contributed by atoms with Crippen molar-refractivity contribution in [2.45, 2.75) is 6.42 Å². The summed E-state index contributed by atoms with van der Waals surface area (Å²) in [5.74, 6) is 1.41. The normalized spacial score (nSPS) is 12.5. The average molecular weight is 286 g/mol. The van der Waals surface area contributed by atoms with E-state index in [1.165, 1.54) is 0 Å². The van der Waals surface area contributed by atoms with E-state index in [0.29, 0.717) is 11.3 Å². The molecule has 0 bridgehead atoms. The van der Waals surface area contributed by atoms with Gasteiger partial charge in [-0.15, -0.1) is 0 Å². The molecule has 0 amide bonds. The molecule has 22 heavy (non-hydrogen) atoms. The number of hydrogen-bond acceptors (Lipinski definition) is 2. The van der Waals surface area contributed by atoms with E-state index in [1.54, 1.807) is 0 Å². The van der Waals surface area contributed by atoms with Gasteiger partial charge in [0.2, 0.25) is 0 Å². The highest BCUT2D eigenvalue weighted by atomic mass is 16.5. The minimum Gasteiger partial charge on any atom is -0.457 e. The number of carbonyl (C=O) groups is 1. The van der Waals surface area contributed by atoms with Crippen molar-refractivity contribution in [3.63, 3.8) is 0 Å². The molecule has 3 aromatic rings. The highest BCUT2D eigenvalue weighted by Gasteiger charge is 2.26. The summed E-state index contributed by atoms with van der Waals surface area (Å²) in [7, 11) is 0. The van der Waals surface area contributed by atoms with Gasteiger partial charge in [0.1, 0.15) is 11.5 Å². The molecule has 0 aliphatic heterocycles. The maximum absolute atomic E-state index is 12.8. The van der Waals surface area contributed by atoms with Crippen LogP contribution in [0.4, 0.5) is 0 Å². The topological polar surface area (TPSA) is 26.3 Å². The molecule has 0 radical (unpaired) electrons. The fourth-order valence-corrected chi connectivity index (χ4v) is 2.92. The third kappa shape index (κ3) is 2.09. The van der Waals surface area contributed by atoms with Crippen molar-refractivity contribution in [3.05, 3.63) is 95.1 Å². The van der Waals surface area contributed by atoms with Gasteiger partial charge in [-0.2, -0.15) is 0 Å². The number of para-hydroxylation sites is 1. The molecule has 3 aromatic carbocycles. The SMILES string of the molecule is O=C1c2ccccc2Cc2cccc(Oc3ccccc3)c21. The van der Waals surface area contributed by atoms with Crippen LogP contribution in [-0.4, -0.2) is 5.78 Å². The second-order valence-corrected chi connectivity index (χ2v) is 5.37. The van der Waals surface area contributed by atoms with E-state index in [2.05, 4.69) is 0 Å². The van der Waals surface area contributed by atoms with Crippen LogP contribution in [0.1, 0.15) is 27.0 Å². The fourth-order valence-electron chi connectivity index (χ4n) is 2.92. The molecule has 4 rings (SSSR count). The molecule has 0 heterocycles. The summed E-state index contributed by atoms with van der Waals surface area (Å²) in [6.45, 7) is 0. The second kappa shape index (κ2) is 5.15. The summed E-state index contributed by atoms with van der Waals surface area (Å²) in [6, 6.07) is 23.1. The van der Waals surface area contributed by atoms with Gasteiger partial charge in [0, 0.05) is 5.56 Å². The van der Waals surface area contributed by atoms with Crippen molar-refractivity contribution in [3.8, 4) is 11.5 Å². The minimum atomic E-state index is 0.0448. The minimum absolute atomic E-state index is 0.0448. The molecular formula is C20H14O2. The molecule has 0 saturated heterocycles.